The summed E-state index contributed by atoms with van der Waals surface area (Å²) in [5.74, 6) is 0.0629. The quantitative estimate of drug-likeness (QED) is 0.452. The zero-order chi connectivity index (χ0) is 23.7. The van der Waals surface area contributed by atoms with Gasteiger partial charge in [-0.15, -0.1) is 0 Å². The molecule has 1 aromatic heterocycles. The molecule has 0 radical (unpaired) electrons. The van der Waals surface area contributed by atoms with Crippen LogP contribution < -0.4 is 0 Å². The number of ether oxygens (including phenoxy) is 1. The van der Waals surface area contributed by atoms with E-state index < -0.39 is 0 Å². The van der Waals surface area contributed by atoms with E-state index >= 15 is 0 Å². The number of phenols is 1. The highest BCUT2D eigenvalue weighted by Gasteiger charge is 2.25. The number of benzene rings is 1. The highest BCUT2D eigenvalue weighted by atomic mass is 16.5. The Morgan fingerprint density at radius 1 is 1.13 bits per heavy atom. The Kier molecular flexibility index (Phi) is 7.09. The Bertz CT molecular complexity index is 984. The Balaban J connectivity index is 2.66. The average Bonchev–Trinajstić information content (AvgIpc) is 2.96. The van der Waals surface area contributed by atoms with Gasteiger partial charge in [0.15, 0.2) is 0 Å². The Labute approximate surface area is 187 Å². The van der Waals surface area contributed by atoms with Gasteiger partial charge in [0.05, 0.1) is 24.1 Å². The van der Waals surface area contributed by atoms with Crippen molar-refractivity contribution in [2.75, 3.05) is 6.61 Å². The van der Waals surface area contributed by atoms with E-state index in [1.165, 1.54) is 0 Å². The van der Waals surface area contributed by atoms with Crippen LogP contribution in [0, 0.1) is 6.92 Å². The zero-order valence-corrected chi connectivity index (χ0v) is 20.8. The predicted molar refractivity (Wildman–Crippen MR) is 128 cm³/mol. The van der Waals surface area contributed by atoms with Gasteiger partial charge in [-0.05, 0) is 48.3 Å². The van der Waals surface area contributed by atoms with Crippen LogP contribution in [0.3, 0.4) is 0 Å². The molecule has 0 saturated heterocycles. The third-order valence-electron chi connectivity index (χ3n) is 5.46. The van der Waals surface area contributed by atoms with Crippen molar-refractivity contribution in [2.24, 2.45) is 5.10 Å². The molecule has 170 valence electrons. The number of hydrogen-bond acceptors (Lipinski definition) is 4. The minimum Gasteiger partial charge on any atom is -0.507 e. The smallest absolute Gasteiger partial charge is 0.340 e. The van der Waals surface area contributed by atoms with Gasteiger partial charge in [-0.25, -0.2) is 9.47 Å². The summed E-state index contributed by atoms with van der Waals surface area (Å²) in [6.45, 7) is 20.9. The lowest BCUT2D eigenvalue weighted by molar-refractivity contribution is 0.0525. The van der Waals surface area contributed by atoms with Crippen LogP contribution in [0.15, 0.2) is 23.3 Å². The van der Waals surface area contributed by atoms with E-state index in [-0.39, 0.29) is 28.5 Å². The number of carbonyl (C=O) groups excluding carboxylic acids is 1. The maximum atomic E-state index is 12.4. The lowest BCUT2D eigenvalue weighted by Crippen LogP contribution is -2.17. The van der Waals surface area contributed by atoms with E-state index in [4.69, 9.17) is 9.84 Å². The van der Waals surface area contributed by atoms with Crippen molar-refractivity contribution in [1.29, 1.82) is 0 Å². The zero-order valence-electron chi connectivity index (χ0n) is 20.8. The van der Waals surface area contributed by atoms with E-state index in [1.807, 2.05) is 19.1 Å². The molecule has 1 heterocycles. The first-order valence-electron chi connectivity index (χ1n) is 11.0. The largest absolute Gasteiger partial charge is 0.507 e. The van der Waals surface area contributed by atoms with Crippen molar-refractivity contribution >= 4 is 12.2 Å². The van der Waals surface area contributed by atoms with E-state index in [0.29, 0.717) is 17.7 Å². The summed E-state index contributed by atoms with van der Waals surface area (Å²) in [6, 6.07) is 5.93. The fourth-order valence-corrected chi connectivity index (χ4v) is 3.48. The van der Waals surface area contributed by atoms with Crippen LogP contribution in [0.1, 0.15) is 107 Å². The molecular formula is C26H38N2O3. The maximum absolute atomic E-state index is 12.4. The highest BCUT2D eigenvalue weighted by Crippen LogP contribution is 2.37. The first kappa shape index (κ1) is 24.7. The molecule has 1 aromatic carbocycles. The van der Waals surface area contributed by atoms with Gasteiger partial charge in [0.2, 0.25) is 0 Å². The molecule has 5 heteroatoms. The summed E-state index contributed by atoms with van der Waals surface area (Å²) in [5.41, 5.74) is 4.57. The van der Waals surface area contributed by atoms with Crippen molar-refractivity contribution in [1.82, 2.24) is 4.68 Å². The molecule has 0 saturated carbocycles. The lowest BCUT2D eigenvalue weighted by Gasteiger charge is -2.27. The number of esters is 1. The average molecular weight is 427 g/mol. The van der Waals surface area contributed by atoms with Crippen LogP contribution in [0.25, 0.3) is 0 Å². The molecule has 0 spiro atoms. The molecule has 2 aromatic rings. The van der Waals surface area contributed by atoms with Crippen LogP contribution in [0.2, 0.25) is 0 Å². The Hall–Kier alpha value is -2.56. The summed E-state index contributed by atoms with van der Waals surface area (Å²) < 4.78 is 6.98. The third kappa shape index (κ3) is 5.38. The Morgan fingerprint density at radius 3 is 2.23 bits per heavy atom. The number of nitrogens with zero attached hydrogens (tertiary/aromatic N) is 2. The SMILES string of the molecule is CCOC(=O)c1cc(C(C)C)n(/N=C/c2cc(C(C)(C)C)cc(C(C)(C)C)c2O)c1C. The van der Waals surface area contributed by atoms with Crippen LogP contribution in [-0.4, -0.2) is 28.6 Å². The second-order valence-electron chi connectivity index (χ2n) is 10.5. The van der Waals surface area contributed by atoms with E-state index in [1.54, 1.807) is 17.8 Å². The van der Waals surface area contributed by atoms with Crippen molar-refractivity contribution in [3.05, 3.63) is 51.8 Å². The molecule has 0 unspecified atom stereocenters. The number of aromatic nitrogens is 1. The van der Waals surface area contributed by atoms with Crippen molar-refractivity contribution in [3.8, 4) is 5.75 Å². The highest BCUT2D eigenvalue weighted by molar-refractivity contribution is 5.91. The van der Waals surface area contributed by atoms with Crippen LogP contribution in [0.5, 0.6) is 5.75 Å². The van der Waals surface area contributed by atoms with Gasteiger partial charge < -0.3 is 9.84 Å². The molecule has 5 nitrogen and oxygen atoms in total. The summed E-state index contributed by atoms with van der Waals surface area (Å²) in [7, 11) is 0. The molecule has 0 atom stereocenters. The first-order valence-corrected chi connectivity index (χ1v) is 11.0. The summed E-state index contributed by atoms with van der Waals surface area (Å²) in [5, 5.41) is 15.7. The second-order valence-corrected chi connectivity index (χ2v) is 10.5. The van der Waals surface area contributed by atoms with Gasteiger partial charge in [-0.2, -0.15) is 5.10 Å². The van der Waals surface area contributed by atoms with Gasteiger partial charge in [-0.1, -0.05) is 61.5 Å². The molecule has 0 aliphatic rings. The van der Waals surface area contributed by atoms with Gasteiger partial charge in [-0.3, -0.25) is 0 Å². The van der Waals surface area contributed by atoms with Crippen LogP contribution in [-0.2, 0) is 15.6 Å². The number of carbonyl (C=O) groups is 1. The van der Waals surface area contributed by atoms with Gasteiger partial charge in [0.1, 0.15) is 5.75 Å². The predicted octanol–water partition coefficient (Wildman–Crippen LogP) is 6.28. The molecule has 0 amide bonds. The molecule has 0 aliphatic carbocycles. The van der Waals surface area contributed by atoms with Crippen molar-refractivity contribution < 1.29 is 14.6 Å². The third-order valence-corrected chi connectivity index (χ3v) is 5.46. The van der Waals surface area contributed by atoms with E-state index in [9.17, 15) is 9.90 Å². The van der Waals surface area contributed by atoms with E-state index in [0.717, 1.165) is 22.5 Å². The van der Waals surface area contributed by atoms with Crippen LogP contribution >= 0.6 is 0 Å². The minimum atomic E-state index is -0.344. The first-order chi connectivity index (χ1) is 14.2. The molecule has 0 fully saturated rings. The summed E-state index contributed by atoms with van der Waals surface area (Å²) in [6.07, 6.45) is 1.69. The monoisotopic (exact) mass is 426 g/mol. The topological polar surface area (TPSA) is 63.8 Å². The van der Waals surface area contributed by atoms with Gasteiger partial charge in [0.25, 0.3) is 0 Å². The van der Waals surface area contributed by atoms with Crippen LogP contribution in [0.4, 0.5) is 0 Å². The van der Waals surface area contributed by atoms with Crippen molar-refractivity contribution in [3.63, 3.8) is 0 Å². The summed E-state index contributed by atoms with van der Waals surface area (Å²) >= 11 is 0. The Morgan fingerprint density at radius 2 is 1.74 bits per heavy atom. The van der Waals surface area contributed by atoms with Gasteiger partial charge >= 0.3 is 5.97 Å². The second kappa shape index (κ2) is 8.89. The lowest BCUT2D eigenvalue weighted by atomic mass is 9.79. The normalized spacial score (nSPS) is 12.7. The van der Waals surface area contributed by atoms with Crippen molar-refractivity contribution in [2.45, 2.75) is 86.0 Å². The number of aromatic hydroxyl groups is 1. The summed E-state index contributed by atoms with van der Waals surface area (Å²) in [4.78, 5) is 12.4. The molecule has 2 rings (SSSR count). The molecule has 31 heavy (non-hydrogen) atoms. The molecule has 0 bridgehead atoms. The molecular weight excluding hydrogens is 388 g/mol. The number of hydrogen-bond donors (Lipinski definition) is 1. The minimum absolute atomic E-state index is 0.0696. The molecule has 1 N–H and O–H groups in total. The van der Waals surface area contributed by atoms with Gasteiger partial charge in [0, 0.05) is 16.8 Å². The standard InChI is InChI=1S/C26H38N2O3/c1-11-31-24(30)20-14-22(16(2)3)28(17(20)4)27-15-18-12-19(25(5,6)7)13-21(23(18)29)26(8,9)10/h12-16,29H,11H2,1-10H3/b27-15+. The number of phenolic OH excluding ortho intramolecular Hbond substituents is 1. The molecule has 0 aliphatic heterocycles. The number of rotatable bonds is 5. The van der Waals surface area contributed by atoms with E-state index in [2.05, 4.69) is 61.5 Å². The fourth-order valence-electron chi connectivity index (χ4n) is 3.48. The maximum Gasteiger partial charge on any atom is 0.340 e. The fraction of sp³-hybridized carbons (Fsp3) is 0.538.